The number of rotatable bonds is 1. The summed E-state index contributed by atoms with van der Waals surface area (Å²) < 4.78 is 3.04. The molecule has 4 nitrogen and oxygen atoms in total. The van der Waals surface area contributed by atoms with E-state index in [-0.39, 0.29) is 0 Å². The van der Waals surface area contributed by atoms with E-state index in [1.165, 1.54) is 6.33 Å². The molecular weight excluding hydrogens is 383 g/mol. The van der Waals surface area contributed by atoms with E-state index in [9.17, 15) is 0 Å². The van der Waals surface area contributed by atoms with Gasteiger partial charge in [-0.2, -0.15) is 14.6 Å². The number of hydrogen-bond donors (Lipinski definition) is 0. The standard InChI is InChI=1S/C11H5Br2ClN4/c12-9-8(6-3-1-2-4-7(6)14)10(13)18-11(17-9)15-5-16-18/h1-5H. The van der Waals surface area contributed by atoms with Gasteiger partial charge < -0.3 is 0 Å². The third-order valence-electron chi connectivity index (χ3n) is 2.47. The van der Waals surface area contributed by atoms with Gasteiger partial charge in [-0.05, 0) is 37.9 Å². The molecule has 3 rings (SSSR count). The van der Waals surface area contributed by atoms with Gasteiger partial charge in [0.25, 0.3) is 5.78 Å². The highest BCUT2D eigenvalue weighted by Crippen LogP contribution is 2.37. The van der Waals surface area contributed by atoms with Gasteiger partial charge >= 0.3 is 0 Å². The van der Waals surface area contributed by atoms with Crippen LogP contribution in [0.5, 0.6) is 0 Å². The lowest BCUT2D eigenvalue weighted by Gasteiger charge is -2.09. The second kappa shape index (κ2) is 4.60. The molecule has 0 bridgehead atoms. The zero-order valence-corrected chi connectivity index (χ0v) is 12.7. The van der Waals surface area contributed by atoms with E-state index in [4.69, 9.17) is 11.6 Å². The Labute approximate surface area is 124 Å². The number of hydrogen-bond acceptors (Lipinski definition) is 3. The molecule has 0 aliphatic heterocycles. The lowest BCUT2D eigenvalue weighted by Crippen LogP contribution is -1.98. The number of halogens is 3. The predicted molar refractivity (Wildman–Crippen MR) is 76.6 cm³/mol. The molecule has 7 heteroatoms. The first-order valence-electron chi connectivity index (χ1n) is 4.98. The van der Waals surface area contributed by atoms with Crippen LogP contribution in [0.3, 0.4) is 0 Å². The predicted octanol–water partition coefficient (Wildman–Crippen LogP) is 3.97. The summed E-state index contributed by atoms with van der Waals surface area (Å²) in [4.78, 5) is 8.38. The van der Waals surface area contributed by atoms with Crippen molar-refractivity contribution in [3.63, 3.8) is 0 Å². The van der Waals surface area contributed by atoms with Gasteiger partial charge in [0.15, 0.2) is 0 Å². The molecule has 0 amide bonds. The van der Waals surface area contributed by atoms with Crippen molar-refractivity contribution in [3.05, 3.63) is 44.8 Å². The van der Waals surface area contributed by atoms with E-state index < -0.39 is 0 Å². The molecule has 1 aromatic carbocycles. The number of aromatic nitrogens is 4. The molecule has 0 unspecified atom stereocenters. The monoisotopic (exact) mass is 386 g/mol. The van der Waals surface area contributed by atoms with E-state index in [1.54, 1.807) is 4.52 Å². The van der Waals surface area contributed by atoms with Crippen molar-refractivity contribution in [2.24, 2.45) is 0 Å². The van der Waals surface area contributed by atoms with Crippen molar-refractivity contribution in [1.29, 1.82) is 0 Å². The molecule has 0 saturated carbocycles. The van der Waals surface area contributed by atoms with E-state index in [0.717, 1.165) is 15.7 Å². The largest absolute Gasteiger partial charge is 0.254 e. The topological polar surface area (TPSA) is 43.1 Å². The average molecular weight is 388 g/mol. The fourth-order valence-electron chi connectivity index (χ4n) is 1.67. The fraction of sp³-hybridized carbons (Fsp3) is 0. The Morgan fingerprint density at radius 3 is 2.72 bits per heavy atom. The fourth-order valence-corrected chi connectivity index (χ4v) is 3.38. The van der Waals surface area contributed by atoms with Gasteiger partial charge in [0.05, 0.1) is 0 Å². The molecule has 0 aliphatic rings. The summed E-state index contributed by atoms with van der Waals surface area (Å²) in [5.41, 5.74) is 1.72. The number of fused-ring (bicyclic) bond motifs is 1. The average Bonchev–Trinajstić information content (AvgIpc) is 2.79. The van der Waals surface area contributed by atoms with Crippen LogP contribution in [0.15, 0.2) is 39.8 Å². The molecule has 90 valence electrons. The summed E-state index contributed by atoms with van der Waals surface area (Å²) in [5, 5.41) is 4.76. The first-order chi connectivity index (χ1) is 8.68. The van der Waals surface area contributed by atoms with E-state index in [1.807, 2.05) is 24.3 Å². The molecule has 0 radical (unpaired) electrons. The highest BCUT2D eigenvalue weighted by atomic mass is 79.9. The SMILES string of the molecule is Clc1ccccc1-c1c(Br)nc2ncnn2c1Br. The van der Waals surface area contributed by atoms with E-state index in [0.29, 0.717) is 15.4 Å². The molecule has 0 aliphatic carbocycles. The number of nitrogens with zero attached hydrogens (tertiary/aromatic N) is 4. The minimum absolute atomic E-state index is 0.518. The number of benzene rings is 1. The molecule has 0 spiro atoms. The van der Waals surface area contributed by atoms with Gasteiger partial charge in [-0.1, -0.05) is 29.8 Å². The molecule has 0 fully saturated rings. The van der Waals surface area contributed by atoms with Crippen LogP contribution < -0.4 is 0 Å². The Morgan fingerprint density at radius 1 is 1.17 bits per heavy atom. The van der Waals surface area contributed by atoms with Crippen LogP contribution in [0.2, 0.25) is 5.02 Å². The quantitative estimate of drug-likeness (QED) is 0.593. The Kier molecular flexibility index (Phi) is 3.09. The molecule has 3 aromatic rings. The summed E-state index contributed by atoms with van der Waals surface area (Å²) >= 11 is 13.2. The van der Waals surface area contributed by atoms with Crippen molar-refractivity contribution in [2.75, 3.05) is 0 Å². The third kappa shape index (κ3) is 1.84. The van der Waals surface area contributed by atoms with Gasteiger partial charge in [-0.15, -0.1) is 0 Å². The zero-order valence-electron chi connectivity index (χ0n) is 8.81. The van der Waals surface area contributed by atoms with Gasteiger partial charge in [0.1, 0.15) is 15.5 Å². The Hall–Kier alpha value is -0.980. The zero-order chi connectivity index (χ0) is 12.7. The Balaban J connectivity index is 2.39. The van der Waals surface area contributed by atoms with Crippen LogP contribution in [0.1, 0.15) is 0 Å². The maximum atomic E-state index is 6.21. The highest BCUT2D eigenvalue weighted by Gasteiger charge is 2.16. The molecule has 2 aromatic heterocycles. The molecule has 18 heavy (non-hydrogen) atoms. The van der Waals surface area contributed by atoms with Crippen LogP contribution in [0, 0.1) is 0 Å². The van der Waals surface area contributed by atoms with Crippen LogP contribution in [-0.4, -0.2) is 19.6 Å². The van der Waals surface area contributed by atoms with Gasteiger partial charge in [0, 0.05) is 16.1 Å². The van der Waals surface area contributed by atoms with Crippen molar-refractivity contribution in [1.82, 2.24) is 19.6 Å². The van der Waals surface area contributed by atoms with Crippen LogP contribution in [0.25, 0.3) is 16.9 Å². The minimum atomic E-state index is 0.518. The van der Waals surface area contributed by atoms with Gasteiger partial charge in [-0.3, -0.25) is 0 Å². The second-order valence-corrected chi connectivity index (χ2v) is 5.43. The maximum Gasteiger partial charge on any atom is 0.254 e. The van der Waals surface area contributed by atoms with Gasteiger partial charge in [-0.25, -0.2) is 4.98 Å². The van der Waals surface area contributed by atoms with Gasteiger partial charge in [0.2, 0.25) is 0 Å². The Morgan fingerprint density at radius 2 is 1.94 bits per heavy atom. The van der Waals surface area contributed by atoms with Crippen molar-refractivity contribution >= 4 is 49.2 Å². The second-order valence-electron chi connectivity index (χ2n) is 3.52. The normalized spacial score (nSPS) is 11.1. The van der Waals surface area contributed by atoms with Crippen molar-refractivity contribution in [3.8, 4) is 11.1 Å². The minimum Gasteiger partial charge on any atom is -0.203 e. The van der Waals surface area contributed by atoms with Crippen molar-refractivity contribution < 1.29 is 0 Å². The summed E-state index contributed by atoms with van der Waals surface area (Å²) in [7, 11) is 0. The first-order valence-corrected chi connectivity index (χ1v) is 6.94. The van der Waals surface area contributed by atoms with E-state index in [2.05, 4.69) is 46.9 Å². The van der Waals surface area contributed by atoms with Crippen LogP contribution in [0.4, 0.5) is 0 Å². The van der Waals surface area contributed by atoms with E-state index >= 15 is 0 Å². The molecular formula is C11H5Br2ClN4. The molecule has 0 atom stereocenters. The summed E-state index contributed by atoms with van der Waals surface area (Å²) in [5.74, 6) is 0.518. The molecule has 0 saturated heterocycles. The lowest BCUT2D eigenvalue weighted by atomic mass is 10.1. The van der Waals surface area contributed by atoms with Crippen LogP contribution in [-0.2, 0) is 0 Å². The lowest BCUT2D eigenvalue weighted by molar-refractivity contribution is 0.911. The molecule has 2 heterocycles. The first kappa shape index (κ1) is 12.1. The van der Waals surface area contributed by atoms with Crippen molar-refractivity contribution in [2.45, 2.75) is 0 Å². The summed E-state index contributed by atoms with van der Waals surface area (Å²) in [6.45, 7) is 0. The smallest absolute Gasteiger partial charge is 0.203 e. The Bertz CT molecular complexity index is 741. The maximum absolute atomic E-state index is 6.21. The summed E-state index contributed by atoms with van der Waals surface area (Å²) in [6.07, 6.45) is 1.45. The van der Waals surface area contributed by atoms with Crippen LogP contribution >= 0.6 is 43.5 Å². The summed E-state index contributed by atoms with van der Waals surface area (Å²) in [6, 6.07) is 7.57. The third-order valence-corrected chi connectivity index (χ3v) is 4.11. The molecule has 0 N–H and O–H groups in total. The highest BCUT2D eigenvalue weighted by molar-refractivity contribution is 9.11.